The Morgan fingerprint density at radius 3 is 2.49 bits per heavy atom. The van der Waals surface area contributed by atoms with Crippen LogP contribution in [0, 0.1) is 18.3 Å². The molecule has 47 heavy (non-hydrogen) atoms. The molecular formula is C31H36F3N5O7S. The van der Waals surface area contributed by atoms with Crippen molar-refractivity contribution in [3.8, 4) is 11.8 Å². The molecule has 0 saturated carbocycles. The molecule has 12 nitrogen and oxygen atoms in total. The lowest BCUT2D eigenvalue weighted by molar-refractivity contribution is -0.903. The molecule has 0 radical (unpaired) electrons. The summed E-state index contributed by atoms with van der Waals surface area (Å²) >= 11 is 0. The van der Waals surface area contributed by atoms with Crippen LogP contribution in [0.25, 0.3) is 10.9 Å². The molecule has 1 aromatic heterocycles. The van der Waals surface area contributed by atoms with E-state index in [1.165, 1.54) is 24.4 Å². The minimum absolute atomic E-state index is 0.178. The average molecular weight is 680 g/mol. The van der Waals surface area contributed by atoms with Crippen molar-refractivity contribution in [2.24, 2.45) is 0 Å². The first-order valence-corrected chi connectivity index (χ1v) is 15.8. The lowest BCUT2D eigenvalue weighted by atomic mass is 10.1. The van der Waals surface area contributed by atoms with Crippen molar-refractivity contribution in [1.29, 1.82) is 5.26 Å². The fourth-order valence-corrected chi connectivity index (χ4v) is 4.83. The zero-order valence-electron chi connectivity index (χ0n) is 26.1. The van der Waals surface area contributed by atoms with E-state index in [1.807, 2.05) is 6.92 Å². The van der Waals surface area contributed by atoms with Crippen molar-refractivity contribution in [3.05, 3.63) is 65.9 Å². The number of hydrogen-bond donors (Lipinski definition) is 1. The van der Waals surface area contributed by atoms with Crippen molar-refractivity contribution < 1.29 is 49.7 Å². The number of hydrogen-bond acceptors (Lipinski definition) is 9. The molecule has 254 valence electrons. The Balaban J connectivity index is 0.000000461. The van der Waals surface area contributed by atoms with Crippen molar-refractivity contribution in [3.63, 3.8) is 0 Å². The summed E-state index contributed by atoms with van der Waals surface area (Å²) in [6.07, 6.45) is 0.721. The molecule has 4 rings (SSSR count). The maximum atomic E-state index is 13.6. The minimum atomic E-state index is -4.27. The quantitative estimate of drug-likeness (QED) is 0.131. The van der Waals surface area contributed by atoms with E-state index in [1.54, 1.807) is 50.5 Å². The molecule has 1 fully saturated rings. The van der Waals surface area contributed by atoms with Gasteiger partial charge in [-0.05, 0) is 43.3 Å². The number of nitrogens with one attached hydrogen (secondary N) is 1. The number of pyridine rings is 1. The summed E-state index contributed by atoms with van der Waals surface area (Å²) in [4.78, 5) is 30.0. The van der Waals surface area contributed by atoms with Crippen LogP contribution in [0.15, 0.2) is 59.6 Å². The number of nitriles is 1. The van der Waals surface area contributed by atoms with Gasteiger partial charge in [0.2, 0.25) is 12.7 Å². The highest BCUT2D eigenvalue weighted by Gasteiger charge is 2.47. The van der Waals surface area contributed by atoms with Gasteiger partial charge in [-0.25, -0.2) is 17.2 Å². The summed E-state index contributed by atoms with van der Waals surface area (Å²) in [6, 6.07) is 12.7. The Morgan fingerprint density at radius 2 is 1.85 bits per heavy atom. The Bertz CT molecular complexity index is 1700. The third-order valence-corrected chi connectivity index (χ3v) is 7.92. The number of halogens is 3. The van der Waals surface area contributed by atoms with Crippen LogP contribution in [0.1, 0.15) is 22.3 Å². The molecule has 0 unspecified atom stereocenters. The number of carbonyl (C=O) groups is 2. The van der Waals surface area contributed by atoms with Gasteiger partial charge in [0.1, 0.15) is 35.1 Å². The van der Waals surface area contributed by atoms with E-state index in [0.29, 0.717) is 36.4 Å². The van der Waals surface area contributed by atoms with E-state index >= 15 is 0 Å². The van der Waals surface area contributed by atoms with Crippen LogP contribution < -0.4 is 10.1 Å². The molecule has 2 heterocycles. The molecule has 1 aliphatic rings. The second-order valence-corrected chi connectivity index (χ2v) is 12.8. The zero-order valence-corrected chi connectivity index (χ0v) is 26.9. The number of likely N-dealkylation sites (tertiary alicyclic amines) is 1. The van der Waals surface area contributed by atoms with Crippen molar-refractivity contribution in [2.45, 2.75) is 30.2 Å². The van der Waals surface area contributed by atoms with Crippen LogP contribution >= 0.6 is 0 Å². The number of quaternary nitrogens is 1. The molecule has 1 atom stereocenters. The van der Waals surface area contributed by atoms with Gasteiger partial charge < -0.3 is 28.7 Å². The summed E-state index contributed by atoms with van der Waals surface area (Å²) < 4.78 is 82.6. The summed E-state index contributed by atoms with van der Waals surface area (Å²) in [7, 11) is -0.741. The summed E-state index contributed by atoms with van der Waals surface area (Å²) in [5.41, 5.74) is 1.68. The molecule has 16 heteroatoms. The van der Waals surface area contributed by atoms with Gasteiger partial charge in [-0.15, -0.1) is 0 Å². The lowest BCUT2D eigenvalue weighted by Gasteiger charge is -2.25. The van der Waals surface area contributed by atoms with Crippen LogP contribution in [-0.4, -0.2) is 111 Å². The minimum Gasteiger partial charge on any atom is -0.744 e. The monoisotopic (exact) mass is 679 g/mol. The first-order chi connectivity index (χ1) is 22.0. The molecule has 1 N–H and O–H groups in total. The topological polar surface area (TPSA) is 162 Å². The second-order valence-electron chi connectivity index (χ2n) is 11.5. The van der Waals surface area contributed by atoms with Gasteiger partial charge in [0.15, 0.2) is 0 Å². The largest absolute Gasteiger partial charge is 0.744 e. The van der Waals surface area contributed by atoms with Crippen LogP contribution in [0.5, 0.6) is 5.75 Å². The normalized spacial score (nSPS) is 15.8. The molecule has 0 aliphatic carbocycles. The first kappa shape index (κ1) is 37.2. The third-order valence-electron chi connectivity index (χ3n) is 7.07. The van der Waals surface area contributed by atoms with Crippen molar-refractivity contribution >= 4 is 32.8 Å². The van der Waals surface area contributed by atoms with Gasteiger partial charge in [0, 0.05) is 18.0 Å². The number of likely N-dealkylation sites (N-methyl/N-ethyl adjacent to an activating group) is 1. The van der Waals surface area contributed by atoms with Crippen LogP contribution in [0.3, 0.4) is 0 Å². The van der Waals surface area contributed by atoms with E-state index in [0.717, 1.165) is 10.5 Å². The molecule has 2 aromatic carbocycles. The fourth-order valence-electron chi connectivity index (χ4n) is 4.36. The Morgan fingerprint density at radius 1 is 1.15 bits per heavy atom. The number of aryl methyl sites for hydroxylation is 1. The summed E-state index contributed by atoms with van der Waals surface area (Å²) in [5, 5.41) is 12.0. The highest BCUT2D eigenvalue weighted by Crippen LogP contribution is 2.31. The molecule has 0 spiro atoms. The second kappa shape index (κ2) is 16.0. The van der Waals surface area contributed by atoms with Crippen LogP contribution in [0.2, 0.25) is 0 Å². The number of rotatable bonds is 12. The van der Waals surface area contributed by atoms with E-state index in [2.05, 4.69) is 10.3 Å². The third kappa shape index (κ3) is 11.2. The van der Waals surface area contributed by atoms with Crippen molar-refractivity contribution in [2.75, 3.05) is 60.3 Å². The number of benzene rings is 2. The van der Waals surface area contributed by atoms with E-state index in [4.69, 9.17) is 14.7 Å². The predicted molar refractivity (Wildman–Crippen MR) is 163 cm³/mol. The Hall–Kier alpha value is -4.30. The van der Waals surface area contributed by atoms with Gasteiger partial charge in [-0.3, -0.25) is 14.6 Å². The van der Waals surface area contributed by atoms with Gasteiger partial charge >= 0.3 is 0 Å². The molecule has 1 aliphatic heterocycles. The zero-order chi connectivity index (χ0) is 34.8. The predicted octanol–water partition coefficient (Wildman–Crippen LogP) is 3.02. The molecule has 3 aromatic rings. The maximum absolute atomic E-state index is 13.6. The number of ether oxygens (including phenoxy) is 2. The number of amides is 2. The number of carbonyl (C=O) groups excluding carboxylic acids is 2. The standard InChI is InChI=1S/C24H28F3N5O4.C7H8O3S/c1-32(2,16-25)7-8-35-9-10-36-18-3-4-21-20(11-18)19(5-6-29-21)23(34)30-14-22(33)31-15-24(26,27)12-17(31)13-28;1-6-2-4-7(5-3-6)11(8,9)10/h3-6,11,17H,7-10,12,14-16H2,1-2H3;2-5H,1H3,(H,8,9,10)/t17-;/m0./s1. The lowest BCUT2D eigenvalue weighted by Crippen LogP contribution is -2.43. The van der Waals surface area contributed by atoms with E-state index in [-0.39, 0.29) is 21.5 Å². The van der Waals surface area contributed by atoms with Crippen LogP contribution in [-0.2, 0) is 19.6 Å². The molecular weight excluding hydrogens is 643 g/mol. The average Bonchev–Trinajstić information content (AvgIpc) is 3.35. The van der Waals surface area contributed by atoms with E-state index < -0.39 is 60.2 Å². The smallest absolute Gasteiger partial charge is 0.268 e. The Kier molecular flexibility index (Phi) is 12.7. The maximum Gasteiger partial charge on any atom is 0.268 e. The number of fused-ring (bicyclic) bond motifs is 1. The molecule has 1 saturated heterocycles. The van der Waals surface area contributed by atoms with Gasteiger partial charge in [-0.1, -0.05) is 17.7 Å². The summed E-state index contributed by atoms with van der Waals surface area (Å²) in [6.45, 7) is 1.41. The number of aromatic nitrogens is 1. The van der Waals surface area contributed by atoms with Crippen molar-refractivity contribution in [1.82, 2.24) is 15.2 Å². The molecule has 0 bridgehead atoms. The highest BCUT2D eigenvalue weighted by atomic mass is 32.2. The number of alkyl halides is 3. The Labute approximate surface area is 271 Å². The first-order valence-electron chi connectivity index (χ1n) is 14.4. The number of nitrogens with zero attached hydrogens (tertiary/aromatic N) is 4. The SMILES string of the molecule is C[N+](C)(CF)CCOCCOc1ccc2nccc(C(=O)NCC(=O)N3CC(F)(F)C[C@H]3C#N)c2c1.Cc1ccc(S(=O)(=O)[O-])cc1. The highest BCUT2D eigenvalue weighted by molar-refractivity contribution is 7.85. The van der Waals surface area contributed by atoms with Gasteiger partial charge in [0.05, 0.1) is 62.4 Å². The fraction of sp³-hybridized carbons (Fsp3) is 0.419. The van der Waals surface area contributed by atoms with E-state index in [9.17, 15) is 35.7 Å². The molecule has 2 amide bonds. The van der Waals surface area contributed by atoms with Crippen LogP contribution in [0.4, 0.5) is 13.2 Å². The van der Waals surface area contributed by atoms with Gasteiger partial charge in [0.25, 0.3) is 11.8 Å². The summed E-state index contributed by atoms with van der Waals surface area (Å²) in [5.74, 6) is -4.01. The van der Waals surface area contributed by atoms with Gasteiger partial charge in [-0.2, -0.15) is 9.65 Å².